The second kappa shape index (κ2) is 9.24. The highest BCUT2D eigenvalue weighted by atomic mass is 16.1. The Hall–Kier alpha value is -2.96. The summed E-state index contributed by atoms with van der Waals surface area (Å²) in [5, 5.41) is 15.1. The standard InChI is InChI=1S/C23H30N6O/c1-15(2)12-20-19-14-24-23(27-22(19)29-28-20)26-18-10-8-17(9-11-18)25-21(30)13-16-6-4-3-5-7-16/h3-7,14-15,17-18H,8-13H2,1-2H3,(H,25,30)(H2,24,26,27,28,29). The number of carbonyl (C=O) groups is 1. The van der Waals surface area contributed by atoms with E-state index in [2.05, 4.69) is 44.6 Å². The zero-order valence-corrected chi connectivity index (χ0v) is 17.7. The fourth-order valence-electron chi connectivity index (χ4n) is 4.11. The van der Waals surface area contributed by atoms with E-state index in [1.807, 2.05) is 36.5 Å². The Kier molecular flexibility index (Phi) is 6.26. The number of aromatic amines is 1. The van der Waals surface area contributed by atoms with Gasteiger partial charge in [0.2, 0.25) is 11.9 Å². The average molecular weight is 407 g/mol. The number of hydrogen-bond donors (Lipinski definition) is 3. The van der Waals surface area contributed by atoms with E-state index < -0.39 is 0 Å². The molecule has 4 rings (SSSR count). The van der Waals surface area contributed by atoms with Gasteiger partial charge in [-0.1, -0.05) is 44.2 Å². The highest BCUT2D eigenvalue weighted by molar-refractivity contribution is 5.79. The minimum Gasteiger partial charge on any atom is -0.353 e. The van der Waals surface area contributed by atoms with E-state index in [0.29, 0.717) is 30.0 Å². The van der Waals surface area contributed by atoms with Gasteiger partial charge in [-0.25, -0.2) is 4.98 Å². The van der Waals surface area contributed by atoms with Gasteiger partial charge in [-0.3, -0.25) is 9.89 Å². The Morgan fingerprint density at radius 1 is 1.13 bits per heavy atom. The summed E-state index contributed by atoms with van der Waals surface area (Å²) in [6.45, 7) is 4.37. The van der Waals surface area contributed by atoms with Crippen molar-refractivity contribution in [2.75, 3.05) is 5.32 Å². The maximum Gasteiger partial charge on any atom is 0.224 e. The lowest BCUT2D eigenvalue weighted by atomic mass is 9.91. The summed E-state index contributed by atoms with van der Waals surface area (Å²) < 4.78 is 0. The van der Waals surface area contributed by atoms with Crippen LogP contribution in [0.5, 0.6) is 0 Å². The van der Waals surface area contributed by atoms with Crippen molar-refractivity contribution in [3.05, 3.63) is 47.8 Å². The number of anilines is 1. The van der Waals surface area contributed by atoms with Gasteiger partial charge in [0.05, 0.1) is 11.8 Å². The lowest BCUT2D eigenvalue weighted by Gasteiger charge is -2.29. The number of amides is 1. The van der Waals surface area contributed by atoms with Crippen molar-refractivity contribution < 1.29 is 4.79 Å². The molecule has 1 aliphatic rings. The number of fused-ring (bicyclic) bond motifs is 1. The van der Waals surface area contributed by atoms with Crippen molar-refractivity contribution in [1.29, 1.82) is 0 Å². The predicted octanol–water partition coefficient (Wildman–Crippen LogP) is 3.63. The van der Waals surface area contributed by atoms with Crippen molar-refractivity contribution in [2.24, 2.45) is 5.92 Å². The van der Waals surface area contributed by atoms with Crippen LogP contribution in [0.2, 0.25) is 0 Å². The van der Waals surface area contributed by atoms with Crippen LogP contribution < -0.4 is 10.6 Å². The molecule has 1 saturated carbocycles. The summed E-state index contributed by atoms with van der Waals surface area (Å²) in [5.74, 6) is 1.28. The van der Waals surface area contributed by atoms with Gasteiger partial charge in [-0.15, -0.1) is 0 Å². The number of benzene rings is 1. The molecule has 0 spiro atoms. The zero-order chi connectivity index (χ0) is 20.9. The van der Waals surface area contributed by atoms with Crippen molar-refractivity contribution in [3.8, 4) is 0 Å². The van der Waals surface area contributed by atoms with Gasteiger partial charge in [0.15, 0.2) is 5.65 Å². The maximum atomic E-state index is 12.3. The summed E-state index contributed by atoms with van der Waals surface area (Å²) >= 11 is 0. The lowest BCUT2D eigenvalue weighted by Crippen LogP contribution is -2.40. The number of rotatable bonds is 7. The average Bonchev–Trinajstić information content (AvgIpc) is 3.11. The van der Waals surface area contributed by atoms with E-state index in [1.165, 1.54) is 0 Å². The molecule has 158 valence electrons. The molecule has 1 aromatic carbocycles. The molecular weight excluding hydrogens is 376 g/mol. The Labute approximate surface area is 177 Å². The molecule has 1 aliphatic carbocycles. The third-order valence-electron chi connectivity index (χ3n) is 5.64. The number of nitrogens with one attached hydrogen (secondary N) is 3. The summed E-state index contributed by atoms with van der Waals surface area (Å²) in [4.78, 5) is 21.4. The van der Waals surface area contributed by atoms with E-state index in [0.717, 1.165) is 48.7 Å². The van der Waals surface area contributed by atoms with E-state index in [1.54, 1.807) is 0 Å². The molecule has 7 nitrogen and oxygen atoms in total. The van der Waals surface area contributed by atoms with Crippen molar-refractivity contribution >= 4 is 22.9 Å². The van der Waals surface area contributed by atoms with Crippen LogP contribution in [0, 0.1) is 5.92 Å². The number of aromatic nitrogens is 4. The SMILES string of the molecule is CC(C)Cc1[nH]nc2nc(NC3CCC(NC(=O)Cc4ccccc4)CC3)ncc12. The minimum absolute atomic E-state index is 0.0992. The van der Waals surface area contributed by atoms with Crippen LogP contribution in [0.4, 0.5) is 5.95 Å². The summed E-state index contributed by atoms with van der Waals surface area (Å²) in [5.41, 5.74) is 2.86. The normalized spacial score (nSPS) is 19.2. The number of nitrogens with zero attached hydrogens (tertiary/aromatic N) is 3. The molecule has 7 heteroatoms. The second-order valence-electron chi connectivity index (χ2n) is 8.65. The highest BCUT2D eigenvalue weighted by Crippen LogP contribution is 2.23. The molecule has 3 N–H and O–H groups in total. The fraction of sp³-hybridized carbons (Fsp3) is 0.478. The number of H-pyrrole nitrogens is 1. The Balaban J connectivity index is 1.27. The van der Waals surface area contributed by atoms with E-state index in [4.69, 9.17) is 0 Å². The molecule has 0 unspecified atom stereocenters. The summed E-state index contributed by atoms with van der Waals surface area (Å²) in [6, 6.07) is 10.4. The molecule has 0 radical (unpaired) electrons. The topological polar surface area (TPSA) is 95.6 Å². The summed E-state index contributed by atoms with van der Waals surface area (Å²) in [7, 11) is 0. The molecule has 2 aromatic heterocycles. The van der Waals surface area contributed by atoms with Crippen molar-refractivity contribution in [1.82, 2.24) is 25.5 Å². The van der Waals surface area contributed by atoms with Crippen LogP contribution in [0.15, 0.2) is 36.5 Å². The minimum atomic E-state index is 0.0992. The quantitative estimate of drug-likeness (QED) is 0.557. The Bertz CT molecular complexity index is 976. The third kappa shape index (κ3) is 5.14. The smallest absolute Gasteiger partial charge is 0.224 e. The fourth-order valence-corrected chi connectivity index (χ4v) is 4.11. The van der Waals surface area contributed by atoms with E-state index in [9.17, 15) is 4.79 Å². The largest absolute Gasteiger partial charge is 0.353 e. The van der Waals surface area contributed by atoms with E-state index >= 15 is 0 Å². The molecule has 0 saturated heterocycles. The van der Waals surface area contributed by atoms with Crippen LogP contribution in [0.1, 0.15) is 50.8 Å². The molecule has 0 aliphatic heterocycles. The maximum absolute atomic E-state index is 12.3. The van der Waals surface area contributed by atoms with Crippen LogP contribution in [-0.4, -0.2) is 38.2 Å². The Morgan fingerprint density at radius 2 is 1.87 bits per heavy atom. The van der Waals surface area contributed by atoms with Crippen LogP contribution >= 0.6 is 0 Å². The molecule has 0 bridgehead atoms. The number of carbonyl (C=O) groups excluding carboxylic acids is 1. The first-order valence-corrected chi connectivity index (χ1v) is 10.9. The second-order valence-corrected chi connectivity index (χ2v) is 8.65. The predicted molar refractivity (Wildman–Crippen MR) is 118 cm³/mol. The van der Waals surface area contributed by atoms with Crippen LogP contribution in [0.3, 0.4) is 0 Å². The van der Waals surface area contributed by atoms with Gasteiger partial charge < -0.3 is 10.6 Å². The monoisotopic (exact) mass is 406 g/mol. The van der Waals surface area contributed by atoms with Gasteiger partial charge in [0.25, 0.3) is 0 Å². The van der Waals surface area contributed by atoms with Gasteiger partial charge in [-0.2, -0.15) is 10.1 Å². The summed E-state index contributed by atoms with van der Waals surface area (Å²) in [6.07, 6.45) is 7.12. The van der Waals surface area contributed by atoms with Gasteiger partial charge in [-0.05, 0) is 43.6 Å². The van der Waals surface area contributed by atoms with Crippen molar-refractivity contribution in [3.63, 3.8) is 0 Å². The first kappa shape index (κ1) is 20.3. The van der Waals surface area contributed by atoms with Gasteiger partial charge in [0.1, 0.15) is 0 Å². The zero-order valence-electron chi connectivity index (χ0n) is 17.7. The van der Waals surface area contributed by atoms with Crippen LogP contribution in [-0.2, 0) is 17.6 Å². The van der Waals surface area contributed by atoms with Crippen molar-refractivity contribution in [2.45, 2.75) is 64.5 Å². The third-order valence-corrected chi connectivity index (χ3v) is 5.64. The molecule has 1 amide bonds. The van der Waals surface area contributed by atoms with Crippen LogP contribution in [0.25, 0.3) is 11.0 Å². The first-order chi connectivity index (χ1) is 14.6. The number of hydrogen-bond acceptors (Lipinski definition) is 5. The molecule has 2 heterocycles. The van der Waals surface area contributed by atoms with E-state index in [-0.39, 0.29) is 11.9 Å². The highest BCUT2D eigenvalue weighted by Gasteiger charge is 2.23. The Morgan fingerprint density at radius 3 is 2.60 bits per heavy atom. The molecule has 30 heavy (non-hydrogen) atoms. The molecule has 0 atom stereocenters. The van der Waals surface area contributed by atoms with Gasteiger partial charge in [0, 0.05) is 24.0 Å². The van der Waals surface area contributed by atoms with Gasteiger partial charge >= 0.3 is 0 Å². The lowest BCUT2D eigenvalue weighted by molar-refractivity contribution is -0.121. The first-order valence-electron chi connectivity index (χ1n) is 10.9. The molecule has 3 aromatic rings. The molecular formula is C23H30N6O. The molecule has 1 fully saturated rings.